The van der Waals surface area contributed by atoms with E-state index in [0.29, 0.717) is 31.0 Å². The van der Waals surface area contributed by atoms with Crippen LogP contribution in [0.15, 0.2) is 47.6 Å². The highest BCUT2D eigenvalue weighted by Crippen LogP contribution is 2.36. The van der Waals surface area contributed by atoms with Crippen molar-refractivity contribution in [2.75, 3.05) is 13.1 Å². The molecule has 21 heteroatoms. The monoisotopic (exact) mass is 818 g/mol. The van der Waals surface area contributed by atoms with Crippen LogP contribution in [0.3, 0.4) is 0 Å². The van der Waals surface area contributed by atoms with Gasteiger partial charge in [-0.05, 0) is 60.6 Å². The Hall–Kier alpha value is -4.82. The molecule has 1 aliphatic heterocycles. The number of hydrogen-bond acceptors (Lipinski definition) is 9. The molecule has 0 radical (unpaired) electrons. The number of halogens is 4. The highest BCUT2D eigenvalue weighted by atomic mass is 35.5. The van der Waals surface area contributed by atoms with E-state index < -0.39 is 116 Å². The molecule has 3 rings (SSSR count). The van der Waals surface area contributed by atoms with E-state index in [1.54, 1.807) is 37.6 Å². The summed E-state index contributed by atoms with van der Waals surface area (Å²) in [6.07, 6.45) is -2.64. The molecule has 2 heterocycles. The molecule has 1 aliphatic rings. The van der Waals surface area contributed by atoms with Crippen molar-refractivity contribution in [3.05, 3.63) is 58.9 Å². The van der Waals surface area contributed by atoms with Crippen LogP contribution in [0.4, 0.5) is 13.2 Å². The van der Waals surface area contributed by atoms with Crippen LogP contribution in [0.1, 0.15) is 64.0 Å². The number of carbonyl (C=O) groups excluding carboxylic acids is 4. The van der Waals surface area contributed by atoms with Gasteiger partial charge in [-0.1, -0.05) is 32.4 Å². The fourth-order valence-electron chi connectivity index (χ4n) is 5.73. The average molecular weight is 819 g/mol. The molecule has 0 unspecified atom stereocenters. The maximum absolute atomic E-state index is 13.7. The number of aliphatic carboxylic acids is 2. The van der Waals surface area contributed by atoms with Gasteiger partial charge in [-0.25, -0.2) is 8.42 Å². The molecule has 16 nitrogen and oxygen atoms in total. The lowest BCUT2D eigenvalue weighted by Crippen LogP contribution is -2.60. The first-order valence-electron chi connectivity index (χ1n) is 16.9. The second kappa shape index (κ2) is 18.7. The van der Waals surface area contributed by atoms with Gasteiger partial charge in [-0.2, -0.15) is 17.9 Å². The molecule has 1 aromatic carbocycles. The molecule has 55 heavy (non-hydrogen) atoms. The highest BCUT2D eigenvalue weighted by Gasteiger charge is 2.41. The predicted octanol–water partition coefficient (Wildman–Crippen LogP) is 2.11. The average Bonchev–Trinajstić information content (AvgIpc) is 3.54. The van der Waals surface area contributed by atoms with Crippen molar-refractivity contribution in [3.63, 3.8) is 0 Å². The van der Waals surface area contributed by atoms with Crippen molar-refractivity contribution in [1.82, 2.24) is 30.6 Å². The summed E-state index contributed by atoms with van der Waals surface area (Å²) < 4.78 is 67.0. The first kappa shape index (κ1) is 44.6. The lowest BCUT2D eigenvalue weighted by molar-refractivity contribution is -0.144. The van der Waals surface area contributed by atoms with Crippen molar-refractivity contribution in [3.8, 4) is 0 Å². The normalized spacial score (nSPS) is 16.4. The summed E-state index contributed by atoms with van der Waals surface area (Å²) in [4.78, 5) is 80.7. The lowest BCUT2D eigenvalue weighted by Gasteiger charge is -2.36. The van der Waals surface area contributed by atoms with E-state index in [1.807, 2.05) is 0 Å². The van der Waals surface area contributed by atoms with E-state index in [4.69, 9.17) is 11.6 Å². The highest BCUT2D eigenvalue weighted by molar-refractivity contribution is 7.89. The summed E-state index contributed by atoms with van der Waals surface area (Å²) in [6.45, 7) is 4.74. The van der Waals surface area contributed by atoms with Gasteiger partial charge in [-0.3, -0.25) is 33.8 Å². The number of pyridine rings is 1. The smallest absolute Gasteiger partial charge is 0.417 e. The van der Waals surface area contributed by atoms with Gasteiger partial charge in [0, 0.05) is 37.8 Å². The Morgan fingerprint density at radius 3 is 2.22 bits per heavy atom. The Bertz CT molecular complexity index is 1860. The number of aromatic nitrogens is 1. The number of hydrogen-bond donors (Lipinski definition) is 6. The third-order valence-electron chi connectivity index (χ3n) is 8.57. The van der Waals surface area contributed by atoms with E-state index >= 15 is 0 Å². The molecule has 1 saturated heterocycles. The summed E-state index contributed by atoms with van der Waals surface area (Å²) in [5.74, 6) is -5.80. The van der Waals surface area contributed by atoms with Gasteiger partial charge < -0.3 is 31.1 Å². The number of amides is 4. The number of rotatable bonds is 17. The largest absolute Gasteiger partial charge is 0.481 e. The van der Waals surface area contributed by atoms with E-state index in [2.05, 4.69) is 20.9 Å². The van der Waals surface area contributed by atoms with E-state index in [0.717, 1.165) is 6.07 Å². The first-order chi connectivity index (χ1) is 25.5. The molecule has 1 aromatic heterocycles. The van der Waals surface area contributed by atoms with Gasteiger partial charge in [0.15, 0.2) is 0 Å². The van der Waals surface area contributed by atoms with Crippen molar-refractivity contribution in [2.24, 2.45) is 5.41 Å². The van der Waals surface area contributed by atoms with Crippen LogP contribution in [-0.2, 0) is 51.4 Å². The zero-order valence-corrected chi connectivity index (χ0v) is 31.6. The minimum atomic E-state index is -5.00. The van der Waals surface area contributed by atoms with Crippen LogP contribution >= 0.6 is 11.6 Å². The zero-order valence-electron chi connectivity index (χ0n) is 30.0. The van der Waals surface area contributed by atoms with Gasteiger partial charge in [0.05, 0.1) is 28.4 Å². The number of sulfonamides is 1. The summed E-state index contributed by atoms with van der Waals surface area (Å²) in [5.41, 5.74) is -1.72. The third-order valence-corrected chi connectivity index (χ3v) is 10.4. The van der Waals surface area contributed by atoms with Crippen molar-refractivity contribution >= 4 is 57.2 Å². The molecule has 1 fully saturated rings. The number of carboxylic acid groups (broad SMARTS) is 2. The zero-order chi connectivity index (χ0) is 41.3. The quantitative estimate of drug-likeness (QED) is 0.135. The summed E-state index contributed by atoms with van der Waals surface area (Å²) >= 11 is 5.54. The topological polar surface area (TPSA) is 241 Å². The number of nitrogens with one attached hydrogen (secondary N) is 4. The number of benzene rings is 1. The van der Waals surface area contributed by atoms with Crippen LogP contribution in [0, 0.1) is 5.41 Å². The Morgan fingerprint density at radius 2 is 1.64 bits per heavy atom. The molecule has 302 valence electrons. The SMILES string of the molecule is CC(C)(C)[C@H](NC(=O)[C@H](Cc1ccncc1)NC(=O)CNC(=O)CC[C@H](NS(=O)(=O)c1ccc(Cl)c(C(F)(F)F)c1)C(=O)O)C(=O)N1CCC[C@H]1CC(=O)O. The summed E-state index contributed by atoms with van der Waals surface area (Å²) in [5, 5.41) is 25.6. The Morgan fingerprint density at radius 1 is 0.982 bits per heavy atom. The maximum Gasteiger partial charge on any atom is 0.417 e. The van der Waals surface area contributed by atoms with Gasteiger partial charge >= 0.3 is 18.1 Å². The second-order valence-corrected chi connectivity index (χ2v) is 16.0. The number of carboxylic acids is 2. The number of alkyl halides is 3. The van der Waals surface area contributed by atoms with Crippen molar-refractivity contribution < 1.29 is 60.6 Å². The summed E-state index contributed by atoms with van der Waals surface area (Å²) in [7, 11) is -4.84. The van der Waals surface area contributed by atoms with Gasteiger partial charge in [0.2, 0.25) is 33.7 Å². The molecule has 6 N–H and O–H groups in total. The van der Waals surface area contributed by atoms with Crippen LogP contribution in [0.5, 0.6) is 0 Å². The molecule has 0 aliphatic carbocycles. The lowest BCUT2D eigenvalue weighted by atomic mass is 9.85. The number of likely N-dealkylation sites (tertiary alicyclic amines) is 1. The minimum absolute atomic E-state index is 0.0665. The van der Waals surface area contributed by atoms with Crippen molar-refractivity contribution in [2.45, 2.75) is 94.5 Å². The number of carbonyl (C=O) groups is 6. The Labute approximate surface area is 319 Å². The molecule has 0 saturated carbocycles. The standard InChI is InChI=1S/C34H42ClF3N6O10S/c1-33(2,3)29(31(50)44-14-4-5-20(44)16-28(47)48)42-30(49)25(15-19-10-12-39-13-11-19)41-27(46)18-40-26(45)9-8-24(32(51)52)43-55(53,54)21-6-7-23(35)22(17-21)34(36,37)38/h6-7,10-13,17,20,24-25,29,43H,4-5,8-9,14-16,18H2,1-3H3,(H,40,45)(H,41,46)(H,42,49)(H,47,48)(H,51,52)/t20-,24-,25-,29+/m0/s1. The third kappa shape index (κ3) is 13.2. The number of nitrogens with zero attached hydrogens (tertiary/aromatic N) is 2. The first-order valence-corrected chi connectivity index (χ1v) is 18.7. The Kier molecular flexibility index (Phi) is 15.1. The van der Waals surface area contributed by atoms with Gasteiger partial charge in [0.25, 0.3) is 0 Å². The van der Waals surface area contributed by atoms with E-state index in [-0.39, 0.29) is 18.9 Å². The molecule has 4 atom stereocenters. The van der Waals surface area contributed by atoms with E-state index in [1.165, 1.54) is 17.3 Å². The van der Waals surface area contributed by atoms with Crippen molar-refractivity contribution in [1.29, 1.82) is 0 Å². The van der Waals surface area contributed by atoms with Crippen LogP contribution < -0.4 is 20.7 Å². The predicted molar refractivity (Wildman–Crippen MR) is 189 cm³/mol. The Balaban J connectivity index is 1.67. The molecule has 0 bridgehead atoms. The fraction of sp³-hybridized carbons (Fsp3) is 0.500. The van der Waals surface area contributed by atoms with Gasteiger partial charge in [-0.15, -0.1) is 0 Å². The van der Waals surface area contributed by atoms with Gasteiger partial charge in [0.1, 0.15) is 18.1 Å². The molecular weight excluding hydrogens is 777 g/mol. The maximum atomic E-state index is 13.7. The molecular formula is C34H42ClF3N6O10S. The summed E-state index contributed by atoms with van der Waals surface area (Å²) in [6, 6.07) is -0.0409. The molecule has 2 aromatic rings. The molecule has 4 amide bonds. The second-order valence-electron chi connectivity index (χ2n) is 13.9. The molecule has 0 spiro atoms. The minimum Gasteiger partial charge on any atom is -0.481 e. The van der Waals surface area contributed by atoms with E-state index in [9.17, 15) is 60.6 Å². The fourth-order valence-corrected chi connectivity index (χ4v) is 7.20. The van der Waals surface area contributed by atoms with Crippen LogP contribution in [0.2, 0.25) is 5.02 Å². The van der Waals surface area contributed by atoms with Crippen LogP contribution in [-0.4, -0.2) is 101 Å². The van der Waals surface area contributed by atoms with Crippen LogP contribution in [0.25, 0.3) is 0 Å².